The van der Waals surface area contributed by atoms with Gasteiger partial charge in [-0.15, -0.1) is 0 Å². The second kappa shape index (κ2) is 9.49. The second-order valence-corrected chi connectivity index (χ2v) is 8.60. The van der Waals surface area contributed by atoms with Crippen molar-refractivity contribution in [3.63, 3.8) is 0 Å². The van der Waals surface area contributed by atoms with E-state index < -0.39 is 0 Å². The van der Waals surface area contributed by atoms with Crippen molar-refractivity contribution in [2.75, 3.05) is 31.5 Å². The summed E-state index contributed by atoms with van der Waals surface area (Å²) >= 11 is 0. The largest absolute Gasteiger partial charge is 0.339 e. The number of nitrogens with zero attached hydrogens (tertiary/aromatic N) is 4. The van der Waals surface area contributed by atoms with E-state index in [2.05, 4.69) is 20.2 Å². The minimum Gasteiger partial charge on any atom is -0.339 e. The standard InChI is InChI=1S/C26H29N5O/c32-25(31-18-13-23(14-19-31)30-16-4-5-17-30)21-8-10-22(11-9-21)28-26-27-15-12-24(29-26)20-6-2-1-3-7-20/h1-3,6-12,15,23H,4-5,13-14,16-19H2,(H,27,28,29). The van der Waals surface area contributed by atoms with Gasteiger partial charge in [0.25, 0.3) is 5.91 Å². The van der Waals surface area contributed by atoms with Crippen LogP contribution in [0.5, 0.6) is 0 Å². The Hall–Kier alpha value is -3.25. The van der Waals surface area contributed by atoms with Crippen molar-refractivity contribution in [2.24, 2.45) is 0 Å². The van der Waals surface area contributed by atoms with Gasteiger partial charge in [0.05, 0.1) is 5.69 Å². The highest BCUT2D eigenvalue weighted by atomic mass is 16.2. The average molecular weight is 428 g/mol. The Morgan fingerprint density at radius 2 is 1.59 bits per heavy atom. The van der Waals surface area contributed by atoms with E-state index in [4.69, 9.17) is 0 Å². The fraction of sp³-hybridized carbons (Fsp3) is 0.346. The summed E-state index contributed by atoms with van der Waals surface area (Å²) in [6.07, 6.45) is 6.56. The normalized spacial score (nSPS) is 17.4. The van der Waals surface area contributed by atoms with Gasteiger partial charge in [0.2, 0.25) is 5.95 Å². The van der Waals surface area contributed by atoms with E-state index >= 15 is 0 Å². The average Bonchev–Trinajstić information content (AvgIpc) is 3.40. The molecular formula is C26H29N5O. The van der Waals surface area contributed by atoms with E-state index in [-0.39, 0.29) is 5.91 Å². The molecule has 0 saturated carbocycles. The van der Waals surface area contributed by atoms with Crippen LogP contribution < -0.4 is 5.32 Å². The molecule has 6 heteroatoms. The zero-order valence-corrected chi connectivity index (χ0v) is 18.3. The van der Waals surface area contributed by atoms with E-state index in [1.54, 1.807) is 6.20 Å². The first-order valence-corrected chi connectivity index (χ1v) is 11.6. The molecule has 2 saturated heterocycles. The molecule has 0 unspecified atom stereocenters. The SMILES string of the molecule is O=C(c1ccc(Nc2nccc(-c3ccccc3)n2)cc1)N1CCC(N2CCCC2)CC1. The molecule has 0 bridgehead atoms. The summed E-state index contributed by atoms with van der Waals surface area (Å²) in [7, 11) is 0. The van der Waals surface area contributed by atoms with Crippen molar-refractivity contribution in [2.45, 2.75) is 31.7 Å². The number of nitrogens with one attached hydrogen (secondary N) is 1. The lowest BCUT2D eigenvalue weighted by molar-refractivity contribution is 0.0644. The van der Waals surface area contributed by atoms with E-state index in [9.17, 15) is 4.79 Å². The maximum atomic E-state index is 13.0. The molecule has 1 aromatic heterocycles. The molecule has 3 heterocycles. The maximum Gasteiger partial charge on any atom is 0.253 e. The molecule has 32 heavy (non-hydrogen) atoms. The highest BCUT2D eigenvalue weighted by Crippen LogP contribution is 2.23. The fourth-order valence-electron chi connectivity index (χ4n) is 4.74. The van der Waals surface area contributed by atoms with Crippen LogP contribution in [0.3, 0.4) is 0 Å². The monoisotopic (exact) mass is 427 g/mol. The smallest absolute Gasteiger partial charge is 0.253 e. The maximum absolute atomic E-state index is 13.0. The number of carbonyl (C=O) groups excluding carboxylic acids is 1. The van der Waals surface area contributed by atoms with Gasteiger partial charge < -0.3 is 15.1 Å². The summed E-state index contributed by atoms with van der Waals surface area (Å²) in [6, 6.07) is 20.2. The van der Waals surface area contributed by atoms with Gasteiger partial charge in [-0.2, -0.15) is 0 Å². The number of carbonyl (C=O) groups is 1. The van der Waals surface area contributed by atoms with Gasteiger partial charge in [0.1, 0.15) is 0 Å². The van der Waals surface area contributed by atoms with Crippen molar-refractivity contribution in [1.29, 1.82) is 0 Å². The summed E-state index contributed by atoms with van der Waals surface area (Å²) in [5.74, 6) is 0.660. The van der Waals surface area contributed by atoms with Crippen LogP contribution in [0.2, 0.25) is 0 Å². The lowest BCUT2D eigenvalue weighted by Gasteiger charge is -2.36. The quantitative estimate of drug-likeness (QED) is 0.645. The minimum absolute atomic E-state index is 0.124. The van der Waals surface area contributed by atoms with Crippen LogP contribution in [0.4, 0.5) is 11.6 Å². The molecule has 0 radical (unpaired) electrons. The van der Waals surface area contributed by atoms with Crippen LogP contribution >= 0.6 is 0 Å². The van der Waals surface area contributed by atoms with Crippen molar-refractivity contribution in [3.05, 3.63) is 72.4 Å². The third-order valence-electron chi connectivity index (χ3n) is 6.52. The number of hydrogen-bond acceptors (Lipinski definition) is 5. The predicted octanol–water partition coefficient (Wildman–Crippen LogP) is 4.59. The fourth-order valence-corrected chi connectivity index (χ4v) is 4.74. The molecule has 2 aromatic carbocycles. The summed E-state index contributed by atoms with van der Waals surface area (Å²) in [6.45, 7) is 4.15. The Morgan fingerprint density at radius 3 is 2.31 bits per heavy atom. The Labute approximate surface area is 189 Å². The molecule has 0 atom stereocenters. The third kappa shape index (κ3) is 4.65. The van der Waals surface area contributed by atoms with Gasteiger partial charge >= 0.3 is 0 Å². The molecule has 3 aromatic rings. The summed E-state index contributed by atoms with van der Waals surface area (Å²) in [5.41, 5.74) is 3.51. The topological polar surface area (TPSA) is 61.4 Å². The second-order valence-electron chi connectivity index (χ2n) is 8.60. The van der Waals surface area contributed by atoms with Gasteiger partial charge in [-0.1, -0.05) is 30.3 Å². The van der Waals surface area contributed by atoms with E-state index in [1.807, 2.05) is 65.6 Å². The van der Waals surface area contributed by atoms with Crippen molar-refractivity contribution < 1.29 is 4.79 Å². The van der Waals surface area contributed by atoms with Crippen molar-refractivity contribution in [1.82, 2.24) is 19.8 Å². The number of piperidine rings is 1. The molecule has 6 nitrogen and oxygen atoms in total. The number of likely N-dealkylation sites (tertiary alicyclic amines) is 2. The molecule has 2 aliphatic heterocycles. The molecule has 164 valence electrons. The molecule has 0 spiro atoms. The first-order valence-electron chi connectivity index (χ1n) is 11.6. The number of rotatable bonds is 5. The van der Waals surface area contributed by atoms with Crippen LogP contribution in [-0.4, -0.2) is 57.9 Å². The molecule has 5 rings (SSSR count). The number of aromatic nitrogens is 2. The van der Waals surface area contributed by atoms with Gasteiger partial charge in [-0.3, -0.25) is 4.79 Å². The van der Waals surface area contributed by atoms with Crippen LogP contribution in [-0.2, 0) is 0 Å². The van der Waals surface area contributed by atoms with Crippen molar-refractivity contribution in [3.8, 4) is 11.3 Å². The first-order chi connectivity index (χ1) is 15.8. The van der Waals surface area contributed by atoms with Gasteiger partial charge in [-0.25, -0.2) is 9.97 Å². The van der Waals surface area contributed by atoms with E-state index in [0.717, 1.165) is 48.4 Å². The molecule has 2 fully saturated rings. The summed E-state index contributed by atoms with van der Waals surface area (Å²) in [5, 5.41) is 3.24. The Bertz CT molecular complexity index is 1040. The number of anilines is 2. The predicted molar refractivity (Wildman–Crippen MR) is 127 cm³/mol. The lowest BCUT2D eigenvalue weighted by Crippen LogP contribution is -2.45. The number of hydrogen-bond donors (Lipinski definition) is 1. The lowest BCUT2D eigenvalue weighted by atomic mass is 10.0. The number of benzene rings is 2. The molecule has 2 aliphatic rings. The third-order valence-corrected chi connectivity index (χ3v) is 6.52. The Kier molecular flexibility index (Phi) is 6.12. The minimum atomic E-state index is 0.124. The van der Waals surface area contributed by atoms with E-state index in [1.165, 1.54) is 25.9 Å². The molecular weight excluding hydrogens is 398 g/mol. The van der Waals surface area contributed by atoms with Gasteiger partial charge in [0, 0.05) is 42.1 Å². The van der Waals surface area contributed by atoms with E-state index in [0.29, 0.717) is 12.0 Å². The molecule has 1 amide bonds. The molecule has 1 N–H and O–H groups in total. The van der Waals surface area contributed by atoms with Crippen LogP contribution in [0.25, 0.3) is 11.3 Å². The first kappa shape index (κ1) is 20.6. The van der Waals surface area contributed by atoms with Gasteiger partial charge in [0.15, 0.2) is 0 Å². The Balaban J connectivity index is 1.20. The van der Waals surface area contributed by atoms with Crippen LogP contribution in [0.15, 0.2) is 66.9 Å². The molecule has 0 aliphatic carbocycles. The van der Waals surface area contributed by atoms with Crippen LogP contribution in [0.1, 0.15) is 36.0 Å². The Morgan fingerprint density at radius 1 is 0.875 bits per heavy atom. The zero-order valence-electron chi connectivity index (χ0n) is 18.3. The van der Waals surface area contributed by atoms with Gasteiger partial charge in [-0.05, 0) is 69.1 Å². The van der Waals surface area contributed by atoms with Crippen LogP contribution in [0, 0.1) is 0 Å². The highest BCUT2D eigenvalue weighted by Gasteiger charge is 2.28. The highest BCUT2D eigenvalue weighted by molar-refractivity contribution is 5.94. The summed E-state index contributed by atoms with van der Waals surface area (Å²) in [4.78, 5) is 26.5. The van der Waals surface area contributed by atoms with Crippen molar-refractivity contribution >= 4 is 17.5 Å². The summed E-state index contributed by atoms with van der Waals surface area (Å²) < 4.78 is 0. The number of amides is 1. The zero-order chi connectivity index (χ0) is 21.8.